The normalized spacial score (nSPS) is 10.1. The van der Waals surface area contributed by atoms with Crippen molar-refractivity contribution in [2.75, 3.05) is 11.9 Å². The fourth-order valence-electron chi connectivity index (χ4n) is 1.54. The molecule has 2 rings (SSSR count). The number of amides is 1. The van der Waals surface area contributed by atoms with Gasteiger partial charge < -0.3 is 15.0 Å². The first-order chi connectivity index (χ1) is 9.63. The highest BCUT2D eigenvalue weighted by molar-refractivity contribution is 7.14. The Kier molecular flexibility index (Phi) is 4.31. The summed E-state index contributed by atoms with van der Waals surface area (Å²) in [4.78, 5) is 37.9. The average molecular weight is 292 g/mol. The standard InChI is InChI=1S/C13H12N2O4S/c1-2-19-13(18)8-4-6-20-12(8)15-11(17)9-7-14-5-3-10(9)16/h3-7H,2H2,1H3,(H,14,16)(H,15,17). The van der Waals surface area contributed by atoms with Gasteiger partial charge in [0.15, 0.2) is 5.43 Å². The summed E-state index contributed by atoms with van der Waals surface area (Å²) in [5, 5.41) is 4.57. The van der Waals surface area contributed by atoms with E-state index in [-0.39, 0.29) is 17.7 Å². The Labute approximate surface area is 118 Å². The lowest BCUT2D eigenvalue weighted by molar-refractivity contribution is 0.0528. The molecule has 7 heteroatoms. The van der Waals surface area contributed by atoms with Gasteiger partial charge in [-0.05, 0) is 18.4 Å². The highest BCUT2D eigenvalue weighted by Gasteiger charge is 2.17. The Morgan fingerprint density at radius 2 is 2.15 bits per heavy atom. The van der Waals surface area contributed by atoms with Gasteiger partial charge in [0.2, 0.25) is 0 Å². The number of H-pyrrole nitrogens is 1. The lowest BCUT2D eigenvalue weighted by atomic mass is 10.2. The van der Waals surface area contributed by atoms with Gasteiger partial charge in [-0.3, -0.25) is 9.59 Å². The molecule has 0 aliphatic heterocycles. The van der Waals surface area contributed by atoms with Crippen LogP contribution in [0.15, 0.2) is 34.7 Å². The average Bonchev–Trinajstić information content (AvgIpc) is 2.87. The van der Waals surface area contributed by atoms with Gasteiger partial charge in [0, 0.05) is 18.5 Å². The molecule has 2 aromatic rings. The molecule has 0 unspecified atom stereocenters. The number of nitrogens with one attached hydrogen (secondary N) is 2. The van der Waals surface area contributed by atoms with E-state index in [1.165, 1.54) is 29.8 Å². The van der Waals surface area contributed by atoms with Crippen molar-refractivity contribution in [1.82, 2.24) is 4.98 Å². The number of aromatic nitrogens is 1. The van der Waals surface area contributed by atoms with Crippen molar-refractivity contribution in [3.05, 3.63) is 51.3 Å². The van der Waals surface area contributed by atoms with Crippen molar-refractivity contribution >= 4 is 28.2 Å². The number of aromatic amines is 1. The third-order valence-electron chi connectivity index (χ3n) is 2.46. The first-order valence-corrected chi connectivity index (χ1v) is 6.74. The third kappa shape index (κ3) is 2.94. The highest BCUT2D eigenvalue weighted by atomic mass is 32.1. The number of carbonyl (C=O) groups excluding carboxylic acids is 2. The number of thiophene rings is 1. The lowest BCUT2D eigenvalue weighted by Gasteiger charge is -2.05. The van der Waals surface area contributed by atoms with E-state index < -0.39 is 17.3 Å². The zero-order valence-electron chi connectivity index (χ0n) is 10.6. The summed E-state index contributed by atoms with van der Waals surface area (Å²) in [6.07, 6.45) is 2.75. The highest BCUT2D eigenvalue weighted by Crippen LogP contribution is 2.24. The van der Waals surface area contributed by atoms with E-state index in [0.29, 0.717) is 5.00 Å². The molecule has 0 aliphatic rings. The van der Waals surface area contributed by atoms with E-state index in [0.717, 1.165) is 0 Å². The minimum atomic E-state index is -0.570. The van der Waals surface area contributed by atoms with Crippen LogP contribution in [0.3, 0.4) is 0 Å². The molecule has 6 nitrogen and oxygen atoms in total. The van der Waals surface area contributed by atoms with E-state index in [4.69, 9.17) is 4.74 Å². The Bertz CT molecular complexity index is 689. The summed E-state index contributed by atoms with van der Waals surface area (Å²) < 4.78 is 4.89. The molecule has 0 saturated carbocycles. The van der Waals surface area contributed by atoms with Gasteiger partial charge in [-0.2, -0.15) is 0 Å². The molecule has 0 saturated heterocycles. The smallest absolute Gasteiger partial charge is 0.341 e. The first-order valence-electron chi connectivity index (χ1n) is 5.86. The minimum absolute atomic E-state index is 0.0179. The molecule has 0 spiro atoms. The second-order valence-electron chi connectivity index (χ2n) is 3.76. The van der Waals surface area contributed by atoms with Crippen LogP contribution in [0, 0.1) is 0 Å². The van der Waals surface area contributed by atoms with Crippen molar-refractivity contribution in [3.8, 4) is 0 Å². The Balaban J connectivity index is 2.21. The number of rotatable bonds is 4. The number of pyridine rings is 1. The molecule has 2 N–H and O–H groups in total. The Morgan fingerprint density at radius 1 is 1.35 bits per heavy atom. The van der Waals surface area contributed by atoms with Crippen LogP contribution < -0.4 is 10.7 Å². The second kappa shape index (κ2) is 6.16. The lowest BCUT2D eigenvalue weighted by Crippen LogP contribution is -2.21. The molecule has 0 aromatic carbocycles. The van der Waals surface area contributed by atoms with Crippen LogP contribution >= 0.6 is 11.3 Å². The molecule has 2 heterocycles. The third-order valence-corrected chi connectivity index (χ3v) is 3.29. The summed E-state index contributed by atoms with van der Waals surface area (Å²) >= 11 is 1.19. The van der Waals surface area contributed by atoms with Crippen molar-refractivity contribution in [2.45, 2.75) is 6.92 Å². The maximum atomic E-state index is 12.0. The number of esters is 1. The predicted molar refractivity (Wildman–Crippen MR) is 75.3 cm³/mol. The van der Waals surface area contributed by atoms with Gasteiger partial charge in [-0.15, -0.1) is 11.3 Å². The molecule has 0 bridgehead atoms. The molecule has 2 aromatic heterocycles. The van der Waals surface area contributed by atoms with Gasteiger partial charge in [-0.1, -0.05) is 0 Å². The van der Waals surface area contributed by atoms with Crippen molar-refractivity contribution in [2.24, 2.45) is 0 Å². The van der Waals surface area contributed by atoms with E-state index in [1.54, 1.807) is 18.4 Å². The fraction of sp³-hybridized carbons (Fsp3) is 0.154. The molecule has 0 fully saturated rings. The van der Waals surface area contributed by atoms with Crippen LogP contribution in [-0.2, 0) is 4.74 Å². The monoisotopic (exact) mass is 292 g/mol. The summed E-state index contributed by atoms with van der Waals surface area (Å²) in [5.74, 6) is -1.08. The molecule has 0 atom stereocenters. The van der Waals surface area contributed by atoms with Gasteiger partial charge in [0.1, 0.15) is 10.6 Å². The van der Waals surface area contributed by atoms with Crippen molar-refractivity contribution in [3.63, 3.8) is 0 Å². The van der Waals surface area contributed by atoms with Gasteiger partial charge in [-0.25, -0.2) is 4.79 Å². The number of anilines is 1. The van der Waals surface area contributed by atoms with Crippen LogP contribution in [0.2, 0.25) is 0 Å². The number of hydrogen-bond acceptors (Lipinski definition) is 5. The summed E-state index contributed by atoms with van der Waals surface area (Å²) in [5.41, 5.74) is -0.135. The molecule has 1 amide bonds. The minimum Gasteiger partial charge on any atom is -0.462 e. The van der Waals surface area contributed by atoms with Gasteiger partial charge in [0.05, 0.1) is 12.2 Å². The van der Waals surface area contributed by atoms with Crippen molar-refractivity contribution < 1.29 is 14.3 Å². The summed E-state index contributed by atoms with van der Waals surface area (Å²) in [6.45, 7) is 1.95. The number of carbonyl (C=O) groups is 2. The number of hydrogen-bond donors (Lipinski definition) is 2. The van der Waals surface area contributed by atoms with E-state index >= 15 is 0 Å². The van der Waals surface area contributed by atoms with Gasteiger partial charge in [0.25, 0.3) is 5.91 Å². The molecular formula is C13H12N2O4S. The van der Waals surface area contributed by atoms with Gasteiger partial charge >= 0.3 is 5.97 Å². The quantitative estimate of drug-likeness (QED) is 0.842. The largest absolute Gasteiger partial charge is 0.462 e. The van der Waals surface area contributed by atoms with Crippen LogP contribution in [-0.4, -0.2) is 23.5 Å². The Hall–Kier alpha value is -2.41. The zero-order chi connectivity index (χ0) is 14.5. The molecule has 20 heavy (non-hydrogen) atoms. The fourth-order valence-corrected chi connectivity index (χ4v) is 2.31. The summed E-state index contributed by atoms with van der Waals surface area (Å²) in [7, 11) is 0. The maximum absolute atomic E-state index is 12.0. The molecule has 0 radical (unpaired) electrons. The molecule has 0 aliphatic carbocycles. The first kappa shape index (κ1) is 14.0. The predicted octanol–water partition coefficient (Wildman–Crippen LogP) is 1.87. The van der Waals surface area contributed by atoms with Crippen molar-refractivity contribution in [1.29, 1.82) is 0 Å². The van der Waals surface area contributed by atoms with Crippen LogP contribution in [0.4, 0.5) is 5.00 Å². The SMILES string of the molecule is CCOC(=O)c1ccsc1NC(=O)c1c[nH]ccc1=O. The van der Waals surface area contributed by atoms with E-state index in [9.17, 15) is 14.4 Å². The number of ether oxygens (including phenoxy) is 1. The topological polar surface area (TPSA) is 88.3 Å². The summed E-state index contributed by atoms with van der Waals surface area (Å²) in [6, 6.07) is 2.82. The van der Waals surface area contributed by atoms with Crippen LogP contribution in [0.25, 0.3) is 0 Å². The van der Waals surface area contributed by atoms with Crippen LogP contribution in [0.1, 0.15) is 27.6 Å². The second-order valence-corrected chi connectivity index (χ2v) is 4.68. The van der Waals surface area contributed by atoms with Crippen LogP contribution in [0.5, 0.6) is 0 Å². The van der Waals surface area contributed by atoms with E-state index in [2.05, 4.69) is 10.3 Å². The zero-order valence-corrected chi connectivity index (χ0v) is 11.5. The van der Waals surface area contributed by atoms with E-state index in [1.807, 2.05) is 0 Å². The molecule has 104 valence electrons. The molecular weight excluding hydrogens is 280 g/mol. The maximum Gasteiger partial charge on any atom is 0.341 e. The Morgan fingerprint density at radius 3 is 2.85 bits per heavy atom.